The number of nitrogens with zero attached hydrogens (tertiary/aromatic N) is 2. The van der Waals surface area contributed by atoms with Gasteiger partial charge in [0.05, 0.1) is 23.1 Å². The number of piperidine rings is 1. The molecule has 0 spiro atoms. The summed E-state index contributed by atoms with van der Waals surface area (Å²) in [6.07, 6.45) is 5.53. The lowest BCUT2D eigenvalue weighted by Crippen LogP contribution is -2.38. The van der Waals surface area contributed by atoms with Crippen LogP contribution < -0.4 is 10.6 Å². The van der Waals surface area contributed by atoms with E-state index in [9.17, 15) is 0 Å². The number of para-hydroxylation sites is 1. The van der Waals surface area contributed by atoms with E-state index in [4.69, 9.17) is 5.73 Å². The Morgan fingerprint density at radius 1 is 1.25 bits per heavy atom. The largest absolute Gasteiger partial charge is 0.396 e. The number of fused-ring (bicyclic) bond motifs is 1. The molecule has 2 heterocycles. The van der Waals surface area contributed by atoms with E-state index in [1.54, 1.807) is 6.20 Å². The molecule has 1 fully saturated rings. The average molecular weight is 269 g/mol. The van der Waals surface area contributed by atoms with E-state index in [2.05, 4.69) is 41.9 Å². The topological polar surface area (TPSA) is 42.1 Å². The maximum absolute atomic E-state index is 6.21. The highest BCUT2D eigenvalue weighted by Gasteiger charge is 2.29. The molecule has 3 heteroatoms. The van der Waals surface area contributed by atoms with Gasteiger partial charge in [0.25, 0.3) is 0 Å². The molecule has 0 aliphatic carbocycles. The Hall–Kier alpha value is -1.77. The Labute approximate surface area is 120 Å². The summed E-state index contributed by atoms with van der Waals surface area (Å²) < 4.78 is 0. The van der Waals surface area contributed by atoms with Gasteiger partial charge in [0.1, 0.15) is 0 Å². The number of benzene rings is 1. The van der Waals surface area contributed by atoms with Crippen LogP contribution in [0.2, 0.25) is 0 Å². The number of nitrogen functional groups attached to an aromatic ring is 1. The van der Waals surface area contributed by atoms with Gasteiger partial charge in [-0.25, -0.2) is 0 Å². The van der Waals surface area contributed by atoms with Crippen molar-refractivity contribution >= 4 is 22.3 Å². The third-order valence-corrected chi connectivity index (χ3v) is 4.92. The van der Waals surface area contributed by atoms with E-state index >= 15 is 0 Å². The molecule has 0 bridgehead atoms. The van der Waals surface area contributed by atoms with Crippen molar-refractivity contribution in [2.24, 2.45) is 5.41 Å². The lowest BCUT2D eigenvalue weighted by Gasteiger charge is -2.40. The first kappa shape index (κ1) is 13.2. The van der Waals surface area contributed by atoms with Gasteiger partial charge in [-0.1, -0.05) is 38.5 Å². The lowest BCUT2D eigenvalue weighted by atomic mass is 9.78. The van der Waals surface area contributed by atoms with Crippen molar-refractivity contribution in [3.05, 3.63) is 30.5 Å². The van der Waals surface area contributed by atoms with Crippen LogP contribution >= 0.6 is 0 Å². The molecule has 2 N–H and O–H groups in total. The van der Waals surface area contributed by atoms with Crippen molar-refractivity contribution in [3.63, 3.8) is 0 Å². The second-order valence-corrected chi connectivity index (χ2v) is 6.23. The van der Waals surface area contributed by atoms with E-state index in [1.807, 2.05) is 6.07 Å². The predicted molar refractivity (Wildman–Crippen MR) is 86.0 cm³/mol. The normalized spacial score (nSPS) is 18.4. The number of aromatic nitrogens is 1. The third-order valence-electron chi connectivity index (χ3n) is 4.92. The van der Waals surface area contributed by atoms with Crippen LogP contribution in [0.3, 0.4) is 0 Å². The van der Waals surface area contributed by atoms with Crippen LogP contribution in [0.4, 0.5) is 11.4 Å². The minimum atomic E-state index is 0.494. The van der Waals surface area contributed by atoms with E-state index in [1.165, 1.54) is 30.3 Å². The highest BCUT2D eigenvalue weighted by atomic mass is 15.1. The monoisotopic (exact) mass is 269 g/mol. The average Bonchev–Trinajstić information content (AvgIpc) is 2.49. The smallest absolute Gasteiger partial charge is 0.0745 e. The Kier molecular flexibility index (Phi) is 3.28. The molecule has 0 atom stereocenters. The van der Waals surface area contributed by atoms with E-state index in [0.717, 1.165) is 24.3 Å². The summed E-state index contributed by atoms with van der Waals surface area (Å²) in [4.78, 5) is 6.87. The van der Waals surface area contributed by atoms with Crippen molar-refractivity contribution in [3.8, 4) is 0 Å². The summed E-state index contributed by atoms with van der Waals surface area (Å²) in [5, 5.41) is 1.17. The zero-order valence-electron chi connectivity index (χ0n) is 12.4. The summed E-state index contributed by atoms with van der Waals surface area (Å²) in [7, 11) is 0. The summed E-state index contributed by atoms with van der Waals surface area (Å²) in [6, 6.07) is 8.27. The van der Waals surface area contributed by atoms with Gasteiger partial charge in [-0.2, -0.15) is 0 Å². The molecule has 0 saturated carbocycles. The molecular formula is C17H23N3. The second kappa shape index (κ2) is 4.97. The number of hydrogen-bond acceptors (Lipinski definition) is 3. The van der Waals surface area contributed by atoms with Gasteiger partial charge in [-0.05, 0) is 24.3 Å². The fourth-order valence-corrected chi connectivity index (χ4v) is 3.12. The van der Waals surface area contributed by atoms with Crippen LogP contribution in [0.25, 0.3) is 10.9 Å². The minimum absolute atomic E-state index is 0.494. The van der Waals surface area contributed by atoms with Crippen molar-refractivity contribution < 1.29 is 0 Å². The molecule has 20 heavy (non-hydrogen) atoms. The zero-order chi connectivity index (χ0) is 14.2. The van der Waals surface area contributed by atoms with Crippen LogP contribution in [0.15, 0.2) is 30.5 Å². The van der Waals surface area contributed by atoms with E-state index in [0.29, 0.717) is 5.41 Å². The van der Waals surface area contributed by atoms with Gasteiger partial charge in [-0.3, -0.25) is 4.98 Å². The molecule has 0 unspecified atom stereocenters. The molecular weight excluding hydrogens is 246 g/mol. The molecule has 1 saturated heterocycles. The molecule has 1 aliphatic rings. The molecule has 0 amide bonds. The second-order valence-electron chi connectivity index (χ2n) is 6.23. The highest BCUT2D eigenvalue weighted by Crippen LogP contribution is 2.39. The van der Waals surface area contributed by atoms with Gasteiger partial charge in [0, 0.05) is 18.5 Å². The molecule has 1 aromatic carbocycles. The number of pyridine rings is 1. The van der Waals surface area contributed by atoms with Crippen molar-refractivity contribution in [1.82, 2.24) is 4.98 Å². The fourth-order valence-electron chi connectivity index (χ4n) is 3.12. The summed E-state index contributed by atoms with van der Waals surface area (Å²) in [6.45, 7) is 6.87. The van der Waals surface area contributed by atoms with Gasteiger partial charge in [0.2, 0.25) is 0 Å². The van der Waals surface area contributed by atoms with Gasteiger partial charge >= 0.3 is 0 Å². The number of hydrogen-bond donors (Lipinski definition) is 1. The quantitative estimate of drug-likeness (QED) is 0.900. The van der Waals surface area contributed by atoms with E-state index in [-0.39, 0.29) is 0 Å². The van der Waals surface area contributed by atoms with Crippen LogP contribution in [0, 0.1) is 5.41 Å². The standard InChI is InChI=1S/C17H23N3/c1-3-17(2)8-10-20(11-9-17)16-13-6-4-5-7-15(13)19-12-14(16)18/h4-7,12H,3,8-11,18H2,1-2H3. The Balaban J connectivity index is 1.97. The van der Waals surface area contributed by atoms with Crippen LogP contribution in [-0.4, -0.2) is 18.1 Å². The first-order valence-corrected chi connectivity index (χ1v) is 7.51. The zero-order valence-corrected chi connectivity index (χ0v) is 12.4. The van der Waals surface area contributed by atoms with Crippen molar-refractivity contribution in [2.75, 3.05) is 23.7 Å². The van der Waals surface area contributed by atoms with Gasteiger partial charge in [0.15, 0.2) is 0 Å². The van der Waals surface area contributed by atoms with Crippen LogP contribution in [0.1, 0.15) is 33.1 Å². The highest BCUT2D eigenvalue weighted by molar-refractivity contribution is 5.97. The van der Waals surface area contributed by atoms with Crippen LogP contribution in [-0.2, 0) is 0 Å². The molecule has 1 aliphatic heterocycles. The molecule has 0 radical (unpaired) electrons. The Bertz CT molecular complexity index is 613. The number of rotatable bonds is 2. The minimum Gasteiger partial charge on any atom is -0.396 e. The predicted octanol–water partition coefficient (Wildman–Crippen LogP) is 3.83. The first-order valence-electron chi connectivity index (χ1n) is 7.51. The summed E-state index contributed by atoms with van der Waals surface area (Å²) >= 11 is 0. The maximum Gasteiger partial charge on any atom is 0.0745 e. The first-order chi connectivity index (χ1) is 9.63. The maximum atomic E-state index is 6.21. The molecule has 1 aromatic heterocycles. The van der Waals surface area contributed by atoms with Crippen molar-refractivity contribution in [1.29, 1.82) is 0 Å². The van der Waals surface area contributed by atoms with Crippen molar-refractivity contribution in [2.45, 2.75) is 33.1 Å². The van der Waals surface area contributed by atoms with Crippen LogP contribution in [0.5, 0.6) is 0 Å². The Morgan fingerprint density at radius 2 is 1.95 bits per heavy atom. The summed E-state index contributed by atoms with van der Waals surface area (Å²) in [5.41, 5.74) is 9.71. The number of anilines is 2. The molecule has 3 rings (SSSR count). The number of nitrogens with two attached hydrogens (primary N) is 1. The molecule has 2 aromatic rings. The summed E-state index contributed by atoms with van der Waals surface area (Å²) in [5.74, 6) is 0. The van der Waals surface area contributed by atoms with Gasteiger partial charge in [-0.15, -0.1) is 0 Å². The third kappa shape index (κ3) is 2.21. The molecule has 3 nitrogen and oxygen atoms in total. The van der Waals surface area contributed by atoms with E-state index < -0.39 is 0 Å². The SMILES string of the molecule is CCC1(C)CCN(c2c(N)cnc3ccccc23)CC1. The fraction of sp³-hybridized carbons (Fsp3) is 0.471. The van der Waals surface area contributed by atoms with Gasteiger partial charge < -0.3 is 10.6 Å². The molecule has 106 valence electrons. The lowest BCUT2D eigenvalue weighted by molar-refractivity contribution is 0.238. The Morgan fingerprint density at radius 3 is 2.65 bits per heavy atom.